The summed E-state index contributed by atoms with van der Waals surface area (Å²) in [7, 11) is 0. The Labute approximate surface area is 161 Å². The highest BCUT2D eigenvalue weighted by Crippen LogP contribution is 2.18. The number of aromatic nitrogens is 1. The number of hydrogen-bond acceptors (Lipinski definition) is 4. The molecule has 2 rings (SSSR count). The van der Waals surface area contributed by atoms with Crippen LogP contribution in [0.25, 0.3) is 0 Å². The molecule has 1 aromatic carbocycles. The van der Waals surface area contributed by atoms with Crippen molar-refractivity contribution in [3.63, 3.8) is 0 Å². The number of pyridine rings is 1. The summed E-state index contributed by atoms with van der Waals surface area (Å²) in [6.07, 6.45) is 3.65. The van der Waals surface area contributed by atoms with Gasteiger partial charge in [-0.1, -0.05) is 0 Å². The minimum absolute atomic E-state index is 0.0526. The summed E-state index contributed by atoms with van der Waals surface area (Å²) in [4.78, 5) is 32.0. The molecule has 0 aliphatic heterocycles. The van der Waals surface area contributed by atoms with E-state index in [1.54, 1.807) is 17.3 Å². The zero-order valence-electron chi connectivity index (χ0n) is 16.3. The maximum atomic E-state index is 12.3. The van der Waals surface area contributed by atoms with Gasteiger partial charge in [0.15, 0.2) is 0 Å². The molecule has 0 aliphatic rings. The van der Waals surface area contributed by atoms with Crippen molar-refractivity contribution in [2.75, 3.05) is 29.9 Å². The zero-order chi connectivity index (χ0) is 19.6. The fraction of sp³-hybridized carbons (Fsp3) is 0.381. The molecule has 0 saturated carbocycles. The van der Waals surface area contributed by atoms with Crippen molar-refractivity contribution in [2.45, 2.75) is 33.7 Å². The van der Waals surface area contributed by atoms with Gasteiger partial charge in [0, 0.05) is 63.3 Å². The summed E-state index contributed by atoms with van der Waals surface area (Å²) in [6, 6.07) is 11.6. The maximum Gasteiger partial charge on any atom is 0.226 e. The first-order valence-electron chi connectivity index (χ1n) is 9.32. The molecule has 1 heterocycles. The van der Waals surface area contributed by atoms with Gasteiger partial charge in [-0.3, -0.25) is 14.6 Å². The molecule has 6 heteroatoms. The smallest absolute Gasteiger partial charge is 0.226 e. The Morgan fingerprint density at radius 2 is 1.63 bits per heavy atom. The number of amides is 2. The molecule has 0 radical (unpaired) electrons. The number of anilines is 2. The van der Waals surface area contributed by atoms with Crippen molar-refractivity contribution in [3.8, 4) is 0 Å². The number of benzene rings is 1. The Kier molecular flexibility index (Phi) is 7.79. The monoisotopic (exact) mass is 368 g/mol. The summed E-state index contributed by atoms with van der Waals surface area (Å²) in [6.45, 7) is 8.49. The van der Waals surface area contributed by atoms with Crippen molar-refractivity contribution in [3.05, 3.63) is 54.4 Å². The molecule has 1 N–H and O–H groups in total. The highest BCUT2D eigenvalue weighted by Gasteiger charge is 2.12. The summed E-state index contributed by atoms with van der Waals surface area (Å²) < 4.78 is 0. The standard InChI is InChI=1S/C21H28N4O2/c1-4-24(5-2)20-8-6-19(7-9-20)23-21(27)12-15-25(17(3)26)16-18-10-13-22-14-11-18/h6-11,13-14H,4-5,12,15-16H2,1-3H3,(H,23,27). The third-order valence-corrected chi connectivity index (χ3v) is 4.46. The Hall–Kier alpha value is -2.89. The SMILES string of the molecule is CCN(CC)c1ccc(NC(=O)CCN(Cc2ccncc2)C(C)=O)cc1. The van der Waals surface area contributed by atoms with Crippen LogP contribution in [0.2, 0.25) is 0 Å². The van der Waals surface area contributed by atoms with E-state index in [2.05, 4.69) is 29.0 Å². The molecule has 2 amide bonds. The largest absolute Gasteiger partial charge is 0.372 e. The number of hydrogen-bond donors (Lipinski definition) is 1. The second-order valence-electron chi connectivity index (χ2n) is 6.31. The van der Waals surface area contributed by atoms with Gasteiger partial charge in [0.25, 0.3) is 0 Å². The van der Waals surface area contributed by atoms with Crippen LogP contribution in [0.15, 0.2) is 48.8 Å². The molecule has 2 aromatic rings. The average Bonchev–Trinajstić information content (AvgIpc) is 2.68. The Bertz CT molecular complexity index is 728. The Morgan fingerprint density at radius 1 is 1.00 bits per heavy atom. The van der Waals surface area contributed by atoms with Gasteiger partial charge in [0.05, 0.1) is 0 Å². The molecule has 6 nitrogen and oxygen atoms in total. The first-order valence-corrected chi connectivity index (χ1v) is 9.32. The fourth-order valence-corrected chi connectivity index (χ4v) is 2.86. The first kappa shape index (κ1) is 20.4. The van der Waals surface area contributed by atoms with Crippen LogP contribution in [0.5, 0.6) is 0 Å². The average molecular weight is 368 g/mol. The van der Waals surface area contributed by atoms with Gasteiger partial charge in [0.2, 0.25) is 11.8 Å². The predicted octanol–water partition coefficient (Wildman–Crippen LogP) is 3.31. The van der Waals surface area contributed by atoms with Crippen LogP contribution in [0.3, 0.4) is 0 Å². The molecule has 0 atom stereocenters. The van der Waals surface area contributed by atoms with E-state index >= 15 is 0 Å². The second kappa shape index (κ2) is 10.3. The van der Waals surface area contributed by atoms with E-state index in [-0.39, 0.29) is 18.2 Å². The lowest BCUT2D eigenvalue weighted by Gasteiger charge is -2.22. The van der Waals surface area contributed by atoms with Gasteiger partial charge in [-0.25, -0.2) is 0 Å². The Balaban J connectivity index is 1.87. The van der Waals surface area contributed by atoms with Gasteiger partial charge >= 0.3 is 0 Å². The summed E-state index contributed by atoms with van der Waals surface area (Å²) >= 11 is 0. The third kappa shape index (κ3) is 6.40. The number of nitrogens with zero attached hydrogens (tertiary/aromatic N) is 3. The number of carbonyl (C=O) groups is 2. The second-order valence-corrected chi connectivity index (χ2v) is 6.31. The van der Waals surface area contributed by atoms with E-state index in [1.165, 1.54) is 6.92 Å². The molecule has 0 saturated heterocycles. The van der Waals surface area contributed by atoms with Crippen molar-refractivity contribution in [1.82, 2.24) is 9.88 Å². The summed E-state index contributed by atoms with van der Waals surface area (Å²) in [5.74, 6) is -0.158. The molecular formula is C21H28N4O2. The third-order valence-electron chi connectivity index (χ3n) is 4.46. The highest BCUT2D eigenvalue weighted by atomic mass is 16.2. The molecular weight excluding hydrogens is 340 g/mol. The highest BCUT2D eigenvalue weighted by molar-refractivity contribution is 5.91. The van der Waals surface area contributed by atoms with Gasteiger partial charge in [0.1, 0.15) is 0 Å². The number of rotatable bonds is 9. The van der Waals surface area contributed by atoms with Gasteiger partial charge < -0.3 is 15.1 Å². The van der Waals surface area contributed by atoms with E-state index in [4.69, 9.17) is 0 Å². The van der Waals surface area contributed by atoms with E-state index in [0.29, 0.717) is 13.1 Å². The van der Waals surface area contributed by atoms with Crippen LogP contribution in [0, 0.1) is 0 Å². The van der Waals surface area contributed by atoms with Crippen molar-refractivity contribution >= 4 is 23.2 Å². The van der Waals surface area contributed by atoms with Crippen molar-refractivity contribution in [1.29, 1.82) is 0 Å². The first-order chi connectivity index (χ1) is 13.0. The van der Waals surface area contributed by atoms with E-state index in [0.717, 1.165) is 30.0 Å². The summed E-state index contributed by atoms with van der Waals surface area (Å²) in [5, 5.41) is 2.90. The lowest BCUT2D eigenvalue weighted by molar-refractivity contribution is -0.129. The number of nitrogens with one attached hydrogen (secondary N) is 1. The van der Waals surface area contributed by atoms with E-state index in [9.17, 15) is 9.59 Å². The molecule has 0 spiro atoms. The normalized spacial score (nSPS) is 10.3. The fourth-order valence-electron chi connectivity index (χ4n) is 2.86. The number of carbonyl (C=O) groups excluding carboxylic acids is 2. The molecule has 27 heavy (non-hydrogen) atoms. The topological polar surface area (TPSA) is 65.5 Å². The molecule has 0 bridgehead atoms. The van der Waals surface area contributed by atoms with Crippen LogP contribution in [-0.2, 0) is 16.1 Å². The van der Waals surface area contributed by atoms with Crippen LogP contribution < -0.4 is 10.2 Å². The molecule has 0 fully saturated rings. The van der Waals surface area contributed by atoms with Crippen LogP contribution in [0.1, 0.15) is 32.8 Å². The van der Waals surface area contributed by atoms with Crippen molar-refractivity contribution in [2.24, 2.45) is 0 Å². The Morgan fingerprint density at radius 3 is 2.19 bits per heavy atom. The predicted molar refractivity (Wildman–Crippen MR) is 109 cm³/mol. The van der Waals surface area contributed by atoms with E-state index < -0.39 is 0 Å². The molecule has 1 aromatic heterocycles. The molecule has 144 valence electrons. The minimum Gasteiger partial charge on any atom is -0.372 e. The van der Waals surface area contributed by atoms with Crippen LogP contribution in [-0.4, -0.2) is 41.3 Å². The van der Waals surface area contributed by atoms with Gasteiger partial charge in [-0.15, -0.1) is 0 Å². The lowest BCUT2D eigenvalue weighted by atomic mass is 10.2. The van der Waals surface area contributed by atoms with Crippen LogP contribution >= 0.6 is 0 Å². The summed E-state index contributed by atoms with van der Waals surface area (Å²) in [5.41, 5.74) is 2.89. The van der Waals surface area contributed by atoms with Crippen LogP contribution in [0.4, 0.5) is 11.4 Å². The zero-order valence-corrected chi connectivity index (χ0v) is 16.3. The van der Waals surface area contributed by atoms with Gasteiger partial charge in [-0.2, -0.15) is 0 Å². The van der Waals surface area contributed by atoms with Gasteiger partial charge in [-0.05, 0) is 55.8 Å². The maximum absolute atomic E-state index is 12.3. The molecule has 0 unspecified atom stereocenters. The van der Waals surface area contributed by atoms with Crippen molar-refractivity contribution < 1.29 is 9.59 Å². The molecule has 0 aliphatic carbocycles. The minimum atomic E-state index is -0.105. The lowest BCUT2D eigenvalue weighted by Crippen LogP contribution is -2.31. The van der Waals surface area contributed by atoms with E-state index in [1.807, 2.05) is 36.4 Å². The quantitative estimate of drug-likeness (QED) is 0.737.